The molecule has 0 spiro atoms. The number of hydrogen-bond donors (Lipinski definition) is 2. The van der Waals surface area contributed by atoms with Gasteiger partial charge in [-0.25, -0.2) is 4.98 Å². The number of hydrogen-bond acceptors (Lipinski definition) is 6. The summed E-state index contributed by atoms with van der Waals surface area (Å²) in [6.45, 7) is 2.91. The van der Waals surface area contributed by atoms with Crippen molar-refractivity contribution in [1.82, 2.24) is 30.0 Å². The first-order valence-corrected chi connectivity index (χ1v) is 10.4. The molecule has 0 bridgehead atoms. The Kier molecular flexibility index (Phi) is 6.25. The number of nitrogens with zero attached hydrogens (tertiary/aromatic N) is 4. The van der Waals surface area contributed by atoms with Gasteiger partial charge in [0.1, 0.15) is 17.9 Å². The van der Waals surface area contributed by atoms with E-state index in [4.69, 9.17) is 9.72 Å². The highest BCUT2D eigenvalue weighted by Gasteiger charge is 2.13. The van der Waals surface area contributed by atoms with Crippen LogP contribution in [0.5, 0.6) is 5.75 Å². The molecule has 9 heteroatoms. The topological polar surface area (TPSA) is 115 Å². The van der Waals surface area contributed by atoms with E-state index in [1.807, 2.05) is 25.1 Å². The molecule has 0 aliphatic heterocycles. The maximum atomic E-state index is 12.6. The van der Waals surface area contributed by atoms with Gasteiger partial charge in [-0.1, -0.05) is 0 Å². The Labute approximate surface area is 184 Å². The molecule has 3 heterocycles. The molecule has 0 fully saturated rings. The molecule has 2 N–H and O–H groups in total. The molecule has 32 heavy (non-hydrogen) atoms. The zero-order valence-electron chi connectivity index (χ0n) is 18.0. The summed E-state index contributed by atoms with van der Waals surface area (Å²) in [5.41, 5.74) is 2.32. The number of rotatable bonds is 8. The minimum Gasteiger partial charge on any atom is -0.493 e. The van der Waals surface area contributed by atoms with Crippen LogP contribution in [0.4, 0.5) is 0 Å². The predicted octanol–water partition coefficient (Wildman–Crippen LogP) is 2.48. The second-order valence-corrected chi connectivity index (χ2v) is 7.33. The third kappa shape index (κ3) is 4.66. The Morgan fingerprint density at radius 2 is 2.09 bits per heavy atom. The van der Waals surface area contributed by atoms with E-state index in [0.29, 0.717) is 47.7 Å². The van der Waals surface area contributed by atoms with Crippen LogP contribution in [0.1, 0.15) is 29.5 Å². The molecule has 0 saturated heterocycles. The third-order valence-electron chi connectivity index (χ3n) is 5.08. The molecule has 0 saturated carbocycles. The Morgan fingerprint density at radius 3 is 2.84 bits per heavy atom. The van der Waals surface area contributed by atoms with Crippen LogP contribution >= 0.6 is 0 Å². The van der Waals surface area contributed by atoms with Crippen LogP contribution in [0.25, 0.3) is 22.2 Å². The molecule has 0 radical (unpaired) electrons. The average Bonchev–Trinajstić information content (AvgIpc) is 3.31. The largest absolute Gasteiger partial charge is 0.493 e. The van der Waals surface area contributed by atoms with Crippen LogP contribution in [-0.2, 0) is 13.5 Å². The summed E-state index contributed by atoms with van der Waals surface area (Å²) in [5.74, 6) is 1.27. The molecule has 0 unspecified atom stereocenters. The predicted molar refractivity (Wildman–Crippen MR) is 121 cm³/mol. The van der Waals surface area contributed by atoms with Gasteiger partial charge in [-0.05, 0) is 37.6 Å². The summed E-state index contributed by atoms with van der Waals surface area (Å²) in [4.78, 5) is 32.4. The number of H-pyrrole nitrogens is 1. The van der Waals surface area contributed by atoms with Gasteiger partial charge in [0.2, 0.25) is 0 Å². The molecule has 1 amide bonds. The first-order valence-electron chi connectivity index (χ1n) is 10.4. The monoisotopic (exact) mass is 432 g/mol. The van der Waals surface area contributed by atoms with Gasteiger partial charge < -0.3 is 19.6 Å². The quantitative estimate of drug-likeness (QED) is 0.414. The summed E-state index contributed by atoms with van der Waals surface area (Å²) in [6, 6.07) is 10.5. The molecule has 1 aromatic carbocycles. The highest BCUT2D eigenvalue weighted by molar-refractivity contribution is 5.99. The van der Waals surface area contributed by atoms with Gasteiger partial charge in [-0.2, -0.15) is 0 Å². The number of aromatic amines is 1. The lowest BCUT2D eigenvalue weighted by Gasteiger charge is -2.12. The molecule has 4 aromatic rings. The normalized spacial score (nSPS) is 10.9. The fourth-order valence-electron chi connectivity index (χ4n) is 3.38. The Bertz CT molecular complexity index is 1300. The van der Waals surface area contributed by atoms with Crippen molar-refractivity contribution in [2.45, 2.75) is 19.8 Å². The van der Waals surface area contributed by atoms with Crippen molar-refractivity contribution in [2.24, 2.45) is 7.05 Å². The van der Waals surface area contributed by atoms with Crippen LogP contribution in [-0.4, -0.2) is 43.8 Å². The van der Waals surface area contributed by atoms with E-state index in [-0.39, 0.29) is 11.5 Å². The maximum absolute atomic E-state index is 12.6. The van der Waals surface area contributed by atoms with Crippen molar-refractivity contribution >= 4 is 16.8 Å². The summed E-state index contributed by atoms with van der Waals surface area (Å²) < 4.78 is 7.31. The zero-order chi connectivity index (χ0) is 22.5. The van der Waals surface area contributed by atoms with Crippen molar-refractivity contribution in [1.29, 1.82) is 0 Å². The second kappa shape index (κ2) is 9.42. The maximum Gasteiger partial charge on any atom is 0.251 e. The molecule has 0 aliphatic rings. The van der Waals surface area contributed by atoms with Crippen LogP contribution in [0.3, 0.4) is 0 Å². The van der Waals surface area contributed by atoms with Crippen LogP contribution in [0, 0.1) is 0 Å². The van der Waals surface area contributed by atoms with Gasteiger partial charge in [-0.3, -0.25) is 9.59 Å². The van der Waals surface area contributed by atoms with Gasteiger partial charge >= 0.3 is 0 Å². The Hall–Kier alpha value is -4.01. The van der Waals surface area contributed by atoms with Crippen molar-refractivity contribution in [2.75, 3.05) is 13.2 Å². The van der Waals surface area contributed by atoms with Crippen molar-refractivity contribution in [3.63, 3.8) is 0 Å². The molecular formula is C23H24N6O3. The van der Waals surface area contributed by atoms with Crippen LogP contribution < -0.4 is 15.6 Å². The number of aromatic nitrogens is 5. The van der Waals surface area contributed by atoms with Gasteiger partial charge in [0, 0.05) is 54.9 Å². The first kappa shape index (κ1) is 21.2. The van der Waals surface area contributed by atoms with E-state index >= 15 is 0 Å². The first-order chi connectivity index (χ1) is 15.5. The van der Waals surface area contributed by atoms with Gasteiger partial charge in [0.25, 0.3) is 11.5 Å². The number of nitrogens with one attached hydrogen (secondary N) is 2. The smallest absolute Gasteiger partial charge is 0.251 e. The molecule has 0 atom stereocenters. The fourth-order valence-corrected chi connectivity index (χ4v) is 3.38. The number of carbonyl (C=O) groups excluding carboxylic acids is 1. The zero-order valence-corrected chi connectivity index (χ0v) is 18.0. The number of carbonyl (C=O) groups is 1. The molecule has 3 aromatic heterocycles. The van der Waals surface area contributed by atoms with Crippen molar-refractivity contribution in [3.8, 4) is 17.0 Å². The number of ether oxygens (including phenoxy) is 1. The van der Waals surface area contributed by atoms with E-state index in [1.165, 1.54) is 17.0 Å². The molecule has 4 rings (SSSR count). The summed E-state index contributed by atoms with van der Waals surface area (Å²) in [6.07, 6.45) is 4.69. The molecule has 0 aliphatic carbocycles. The highest BCUT2D eigenvalue weighted by atomic mass is 16.5. The Morgan fingerprint density at radius 1 is 1.22 bits per heavy atom. The standard InChI is InChI=1S/C23H24N6O3/c1-3-32-20-13-18(15-8-10-29(2)22(30)12-15)27-19-11-16(6-7-17(19)20)23(31)24-9-4-5-21-25-14-26-28-21/h6-8,10-14H,3-5,9H2,1-2H3,(H,24,31)(H,25,26,28). The number of pyridine rings is 2. The van der Waals surface area contributed by atoms with E-state index < -0.39 is 0 Å². The van der Waals surface area contributed by atoms with Gasteiger partial charge in [0.15, 0.2) is 0 Å². The van der Waals surface area contributed by atoms with Crippen molar-refractivity contribution in [3.05, 3.63) is 70.7 Å². The van der Waals surface area contributed by atoms with Crippen molar-refractivity contribution < 1.29 is 9.53 Å². The lowest BCUT2D eigenvalue weighted by atomic mass is 10.1. The number of fused-ring (bicyclic) bond motifs is 1. The highest BCUT2D eigenvalue weighted by Crippen LogP contribution is 2.30. The molecule has 9 nitrogen and oxygen atoms in total. The number of aryl methyl sites for hydroxylation is 2. The fraction of sp³-hybridized carbons (Fsp3) is 0.261. The third-order valence-corrected chi connectivity index (χ3v) is 5.08. The number of amides is 1. The van der Waals surface area contributed by atoms with Gasteiger partial charge in [-0.15, -0.1) is 10.2 Å². The van der Waals surface area contributed by atoms with E-state index in [2.05, 4.69) is 20.5 Å². The minimum absolute atomic E-state index is 0.124. The van der Waals surface area contributed by atoms with E-state index in [1.54, 1.807) is 25.4 Å². The van der Waals surface area contributed by atoms with Crippen LogP contribution in [0.2, 0.25) is 0 Å². The lowest BCUT2D eigenvalue weighted by molar-refractivity contribution is 0.0953. The summed E-state index contributed by atoms with van der Waals surface area (Å²) in [5, 5.41) is 11.4. The summed E-state index contributed by atoms with van der Waals surface area (Å²) in [7, 11) is 1.70. The second-order valence-electron chi connectivity index (χ2n) is 7.33. The SMILES string of the molecule is CCOc1cc(-c2ccn(C)c(=O)c2)nc2cc(C(=O)NCCCc3nnc[nH]3)ccc12. The number of benzene rings is 1. The van der Waals surface area contributed by atoms with E-state index in [0.717, 1.165) is 17.6 Å². The van der Waals surface area contributed by atoms with Gasteiger partial charge in [0.05, 0.1) is 17.8 Å². The average molecular weight is 432 g/mol. The molecule has 164 valence electrons. The summed E-state index contributed by atoms with van der Waals surface area (Å²) >= 11 is 0. The van der Waals surface area contributed by atoms with E-state index in [9.17, 15) is 9.59 Å². The molecular weight excluding hydrogens is 408 g/mol. The van der Waals surface area contributed by atoms with Crippen LogP contribution in [0.15, 0.2) is 53.7 Å². The Balaban J connectivity index is 1.58. The lowest BCUT2D eigenvalue weighted by Crippen LogP contribution is -2.24. The minimum atomic E-state index is -0.178.